The Morgan fingerprint density at radius 2 is 2.00 bits per heavy atom. The zero-order valence-corrected chi connectivity index (χ0v) is 14.7. The number of methoxy groups -OCH3 is 1. The SMILES string of the molecule is CCc1cc(=O)nc(-n2nc(C)cc2NC(=O)c2ccc(OC)cc2)[nH]1. The van der Waals surface area contributed by atoms with Crippen LogP contribution in [0.15, 0.2) is 41.2 Å². The summed E-state index contributed by atoms with van der Waals surface area (Å²) in [6, 6.07) is 9.90. The monoisotopic (exact) mass is 353 g/mol. The molecule has 0 fully saturated rings. The van der Waals surface area contributed by atoms with Crippen LogP contribution in [0, 0.1) is 6.92 Å². The molecule has 8 heteroatoms. The molecule has 134 valence electrons. The fourth-order valence-corrected chi connectivity index (χ4v) is 2.46. The highest BCUT2D eigenvalue weighted by atomic mass is 16.5. The summed E-state index contributed by atoms with van der Waals surface area (Å²) in [6.07, 6.45) is 0.651. The van der Waals surface area contributed by atoms with Crippen LogP contribution in [0.1, 0.15) is 28.7 Å². The maximum absolute atomic E-state index is 12.5. The van der Waals surface area contributed by atoms with Crippen LogP contribution in [0.4, 0.5) is 5.82 Å². The van der Waals surface area contributed by atoms with Gasteiger partial charge in [-0.15, -0.1) is 0 Å². The number of hydrogen-bond acceptors (Lipinski definition) is 5. The van der Waals surface area contributed by atoms with Gasteiger partial charge in [-0.1, -0.05) is 6.92 Å². The van der Waals surface area contributed by atoms with Gasteiger partial charge in [-0.25, -0.2) is 0 Å². The van der Waals surface area contributed by atoms with Gasteiger partial charge in [0.2, 0.25) is 5.95 Å². The second-order valence-electron chi connectivity index (χ2n) is 5.69. The van der Waals surface area contributed by atoms with E-state index in [1.807, 2.05) is 6.92 Å². The summed E-state index contributed by atoms with van der Waals surface area (Å²) < 4.78 is 6.51. The fourth-order valence-electron chi connectivity index (χ4n) is 2.46. The molecule has 0 unspecified atom stereocenters. The van der Waals surface area contributed by atoms with E-state index in [1.165, 1.54) is 10.7 Å². The number of nitrogens with zero attached hydrogens (tertiary/aromatic N) is 3. The van der Waals surface area contributed by atoms with E-state index >= 15 is 0 Å². The second-order valence-corrected chi connectivity index (χ2v) is 5.69. The van der Waals surface area contributed by atoms with Crippen molar-refractivity contribution in [2.24, 2.45) is 0 Å². The zero-order chi connectivity index (χ0) is 18.7. The van der Waals surface area contributed by atoms with Crippen LogP contribution in [-0.4, -0.2) is 32.8 Å². The van der Waals surface area contributed by atoms with Crippen molar-refractivity contribution in [3.8, 4) is 11.7 Å². The Bertz CT molecular complexity index is 989. The second kappa shape index (κ2) is 7.22. The molecule has 0 saturated carbocycles. The lowest BCUT2D eigenvalue weighted by Gasteiger charge is -2.09. The molecule has 0 radical (unpaired) electrons. The molecule has 3 rings (SSSR count). The standard InChI is InChI=1S/C18H19N5O3/c1-4-13-10-16(24)21-18(19-13)23-15(9-11(2)22-23)20-17(25)12-5-7-14(26-3)8-6-12/h5-10H,4H2,1-3H3,(H,20,25)(H,19,21,24). The van der Waals surface area contributed by atoms with Crippen molar-refractivity contribution in [1.29, 1.82) is 0 Å². The molecular weight excluding hydrogens is 334 g/mol. The largest absolute Gasteiger partial charge is 0.497 e. The first-order valence-corrected chi connectivity index (χ1v) is 8.13. The number of H-pyrrole nitrogens is 1. The first-order chi connectivity index (χ1) is 12.5. The topological polar surface area (TPSA) is 102 Å². The highest BCUT2D eigenvalue weighted by molar-refractivity contribution is 6.04. The molecule has 2 aromatic heterocycles. The van der Waals surface area contributed by atoms with Crippen molar-refractivity contribution >= 4 is 11.7 Å². The van der Waals surface area contributed by atoms with E-state index in [1.54, 1.807) is 44.4 Å². The maximum Gasteiger partial charge on any atom is 0.274 e. The molecule has 0 aliphatic carbocycles. The number of nitrogens with one attached hydrogen (secondary N) is 2. The Balaban J connectivity index is 1.93. The molecule has 1 aromatic carbocycles. The lowest BCUT2D eigenvalue weighted by molar-refractivity contribution is 0.102. The number of carbonyl (C=O) groups excluding carboxylic acids is 1. The smallest absolute Gasteiger partial charge is 0.274 e. The minimum absolute atomic E-state index is 0.257. The minimum Gasteiger partial charge on any atom is -0.497 e. The third kappa shape index (κ3) is 3.64. The maximum atomic E-state index is 12.5. The Kier molecular flexibility index (Phi) is 4.83. The van der Waals surface area contributed by atoms with Crippen LogP contribution in [0.3, 0.4) is 0 Å². The molecule has 0 aliphatic heterocycles. The zero-order valence-electron chi connectivity index (χ0n) is 14.7. The van der Waals surface area contributed by atoms with E-state index in [2.05, 4.69) is 20.4 Å². The Morgan fingerprint density at radius 3 is 2.65 bits per heavy atom. The average molecular weight is 353 g/mol. The number of hydrogen-bond donors (Lipinski definition) is 2. The first kappa shape index (κ1) is 17.4. The quantitative estimate of drug-likeness (QED) is 0.731. The van der Waals surface area contributed by atoms with Gasteiger partial charge >= 0.3 is 0 Å². The van der Waals surface area contributed by atoms with Crippen LogP contribution in [0.5, 0.6) is 5.75 Å². The van der Waals surface area contributed by atoms with Gasteiger partial charge in [-0.2, -0.15) is 14.8 Å². The van der Waals surface area contributed by atoms with Crippen molar-refractivity contribution in [3.05, 3.63) is 63.7 Å². The molecule has 8 nitrogen and oxygen atoms in total. The summed E-state index contributed by atoms with van der Waals surface area (Å²) in [5, 5.41) is 7.12. The number of aryl methyl sites for hydroxylation is 2. The third-order valence-electron chi connectivity index (χ3n) is 3.79. The molecular formula is C18H19N5O3. The van der Waals surface area contributed by atoms with E-state index < -0.39 is 0 Å². The third-order valence-corrected chi connectivity index (χ3v) is 3.79. The average Bonchev–Trinajstić information content (AvgIpc) is 3.01. The molecule has 0 atom stereocenters. The highest BCUT2D eigenvalue weighted by Crippen LogP contribution is 2.17. The summed E-state index contributed by atoms with van der Waals surface area (Å²) >= 11 is 0. The number of rotatable bonds is 5. The van der Waals surface area contributed by atoms with E-state index in [0.29, 0.717) is 29.2 Å². The summed E-state index contributed by atoms with van der Waals surface area (Å²) in [5.74, 6) is 1.04. The molecule has 2 N–H and O–H groups in total. The molecule has 0 spiro atoms. The van der Waals surface area contributed by atoms with Gasteiger partial charge < -0.3 is 15.0 Å². The van der Waals surface area contributed by atoms with Gasteiger partial charge in [-0.05, 0) is 37.6 Å². The van der Waals surface area contributed by atoms with Crippen LogP contribution in [0.25, 0.3) is 5.95 Å². The van der Waals surface area contributed by atoms with Crippen LogP contribution in [-0.2, 0) is 6.42 Å². The van der Waals surface area contributed by atoms with Crippen molar-refractivity contribution in [2.75, 3.05) is 12.4 Å². The molecule has 0 bridgehead atoms. The van der Waals surface area contributed by atoms with Crippen LogP contribution >= 0.6 is 0 Å². The lowest BCUT2D eigenvalue weighted by Crippen LogP contribution is -2.19. The molecule has 3 aromatic rings. The number of aromatic amines is 1. The van der Waals surface area contributed by atoms with E-state index in [-0.39, 0.29) is 17.4 Å². The van der Waals surface area contributed by atoms with Crippen molar-refractivity contribution in [3.63, 3.8) is 0 Å². The number of anilines is 1. The normalized spacial score (nSPS) is 10.6. The van der Waals surface area contributed by atoms with E-state index in [0.717, 1.165) is 5.69 Å². The van der Waals surface area contributed by atoms with Gasteiger partial charge in [0.25, 0.3) is 11.5 Å². The molecule has 1 amide bonds. The predicted octanol–water partition coefficient (Wildman–Crippen LogP) is 2.09. The van der Waals surface area contributed by atoms with Crippen LogP contribution in [0.2, 0.25) is 0 Å². The van der Waals surface area contributed by atoms with Gasteiger partial charge in [0, 0.05) is 23.4 Å². The van der Waals surface area contributed by atoms with E-state index in [4.69, 9.17) is 4.74 Å². The summed E-state index contributed by atoms with van der Waals surface area (Å²) in [6.45, 7) is 3.72. The van der Waals surface area contributed by atoms with Gasteiger partial charge in [0.1, 0.15) is 11.6 Å². The predicted molar refractivity (Wildman–Crippen MR) is 97.0 cm³/mol. The number of ether oxygens (including phenoxy) is 1. The van der Waals surface area contributed by atoms with Crippen molar-refractivity contribution in [2.45, 2.75) is 20.3 Å². The summed E-state index contributed by atoms with van der Waals surface area (Å²) in [7, 11) is 1.56. The molecule has 0 saturated heterocycles. The molecule has 2 heterocycles. The number of carbonyl (C=O) groups is 1. The van der Waals surface area contributed by atoms with Crippen molar-refractivity contribution < 1.29 is 9.53 Å². The Morgan fingerprint density at radius 1 is 1.27 bits per heavy atom. The lowest BCUT2D eigenvalue weighted by atomic mass is 10.2. The van der Waals surface area contributed by atoms with Gasteiger partial charge in [0.15, 0.2) is 0 Å². The minimum atomic E-state index is -0.365. The number of benzene rings is 1. The molecule has 26 heavy (non-hydrogen) atoms. The van der Waals surface area contributed by atoms with E-state index in [9.17, 15) is 9.59 Å². The number of amides is 1. The Hall–Kier alpha value is -3.42. The first-order valence-electron chi connectivity index (χ1n) is 8.13. The highest BCUT2D eigenvalue weighted by Gasteiger charge is 2.14. The Labute approximate surface area is 149 Å². The summed E-state index contributed by atoms with van der Waals surface area (Å²) in [4.78, 5) is 31.3. The van der Waals surface area contributed by atoms with Gasteiger partial charge in [0.05, 0.1) is 12.8 Å². The van der Waals surface area contributed by atoms with Gasteiger partial charge in [-0.3, -0.25) is 9.59 Å². The summed E-state index contributed by atoms with van der Waals surface area (Å²) in [5.41, 5.74) is 1.52. The number of aromatic nitrogens is 4. The van der Waals surface area contributed by atoms with Crippen molar-refractivity contribution in [1.82, 2.24) is 19.7 Å². The molecule has 0 aliphatic rings. The fraction of sp³-hybridized carbons (Fsp3) is 0.222. The van der Waals surface area contributed by atoms with Crippen LogP contribution < -0.4 is 15.6 Å².